The normalized spacial score (nSPS) is 22.1. The van der Waals surface area contributed by atoms with Gasteiger partial charge < -0.3 is 14.7 Å². The van der Waals surface area contributed by atoms with Crippen LogP contribution in [0.5, 0.6) is 0 Å². The predicted octanol–water partition coefficient (Wildman–Crippen LogP) is 2.09. The van der Waals surface area contributed by atoms with E-state index in [4.69, 9.17) is 4.74 Å². The Morgan fingerprint density at radius 3 is 2.48 bits per heavy atom. The summed E-state index contributed by atoms with van der Waals surface area (Å²) in [5.74, 6) is -1.12. The third-order valence-corrected chi connectivity index (χ3v) is 4.01. The van der Waals surface area contributed by atoms with Crippen LogP contribution >= 0.6 is 0 Å². The van der Waals surface area contributed by atoms with Gasteiger partial charge in [-0.2, -0.15) is 0 Å². The minimum absolute atomic E-state index is 0.0174. The molecule has 21 heavy (non-hydrogen) atoms. The van der Waals surface area contributed by atoms with Crippen LogP contribution in [0.15, 0.2) is 25.3 Å². The molecule has 1 fully saturated rings. The molecule has 0 aliphatic carbocycles. The number of aliphatic carboxylic acids is 1. The molecule has 0 radical (unpaired) electrons. The number of hydrogen-bond donors (Lipinski definition) is 1. The van der Waals surface area contributed by atoms with Crippen LogP contribution in [0.1, 0.15) is 25.7 Å². The Hall–Kier alpha value is -1.62. The molecule has 1 N–H and O–H groups in total. The topological polar surface area (TPSA) is 66.8 Å². The predicted molar refractivity (Wildman–Crippen MR) is 80.9 cm³/mol. The average Bonchev–Trinajstić information content (AvgIpc) is 2.46. The zero-order valence-electron chi connectivity index (χ0n) is 12.7. The minimum atomic E-state index is -0.991. The molecule has 0 aromatic heterocycles. The molecule has 1 rings (SSSR count). The van der Waals surface area contributed by atoms with Gasteiger partial charge in [-0.05, 0) is 25.7 Å². The van der Waals surface area contributed by atoms with E-state index in [1.165, 1.54) is 7.11 Å². The van der Waals surface area contributed by atoms with Crippen LogP contribution in [0.25, 0.3) is 0 Å². The number of amides is 1. The molecule has 1 atom stereocenters. The molecular formula is C16H25NO4. The van der Waals surface area contributed by atoms with Crippen molar-refractivity contribution < 1.29 is 19.4 Å². The van der Waals surface area contributed by atoms with Gasteiger partial charge in [-0.15, -0.1) is 13.2 Å². The second-order valence-electron chi connectivity index (χ2n) is 5.63. The molecule has 1 amide bonds. The average molecular weight is 295 g/mol. The summed E-state index contributed by atoms with van der Waals surface area (Å²) in [5, 5.41) is 9.51. The Kier molecular flexibility index (Phi) is 6.62. The molecule has 0 bridgehead atoms. The van der Waals surface area contributed by atoms with Gasteiger partial charge in [0.2, 0.25) is 5.91 Å². The molecule has 1 aliphatic rings. The standard InChI is InChI=1S/C16H25NO4/c1-4-7-13(8-5-2)14(18)17-10-6-9-16(11-17,12-21-3)15(19)20/h4-5,13H,1-2,6-12H2,3H3,(H,19,20). The van der Waals surface area contributed by atoms with Crippen molar-refractivity contribution >= 4 is 11.9 Å². The van der Waals surface area contributed by atoms with Gasteiger partial charge in [0.05, 0.1) is 6.61 Å². The third-order valence-electron chi connectivity index (χ3n) is 4.01. The van der Waals surface area contributed by atoms with E-state index in [2.05, 4.69) is 13.2 Å². The van der Waals surface area contributed by atoms with Gasteiger partial charge in [0.25, 0.3) is 0 Å². The van der Waals surface area contributed by atoms with Gasteiger partial charge in [0.15, 0.2) is 0 Å². The summed E-state index contributed by atoms with van der Waals surface area (Å²) in [5.41, 5.74) is -0.991. The van der Waals surface area contributed by atoms with E-state index in [-0.39, 0.29) is 25.0 Å². The second-order valence-corrected chi connectivity index (χ2v) is 5.63. The lowest BCUT2D eigenvalue weighted by Gasteiger charge is -2.40. The number of piperidine rings is 1. The summed E-state index contributed by atoms with van der Waals surface area (Å²) in [4.78, 5) is 25.9. The van der Waals surface area contributed by atoms with Crippen LogP contribution in [0.4, 0.5) is 0 Å². The van der Waals surface area contributed by atoms with Crippen LogP contribution in [-0.4, -0.2) is 48.7 Å². The van der Waals surface area contributed by atoms with Crippen molar-refractivity contribution in [2.75, 3.05) is 26.8 Å². The number of ether oxygens (including phenoxy) is 1. The summed E-state index contributed by atoms with van der Waals surface area (Å²) in [6, 6.07) is 0. The van der Waals surface area contributed by atoms with Crippen molar-refractivity contribution in [3.05, 3.63) is 25.3 Å². The first-order valence-corrected chi connectivity index (χ1v) is 7.23. The first kappa shape index (κ1) is 17.4. The molecule has 1 saturated heterocycles. The second kappa shape index (κ2) is 7.98. The van der Waals surface area contributed by atoms with Crippen LogP contribution < -0.4 is 0 Å². The first-order valence-electron chi connectivity index (χ1n) is 7.23. The molecule has 118 valence electrons. The van der Waals surface area contributed by atoms with Crippen LogP contribution in [0.3, 0.4) is 0 Å². The Balaban J connectivity index is 2.86. The fourth-order valence-electron chi connectivity index (χ4n) is 2.91. The minimum Gasteiger partial charge on any atom is -0.481 e. The van der Waals surface area contributed by atoms with Crippen molar-refractivity contribution in [3.63, 3.8) is 0 Å². The van der Waals surface area contributed by atoms with E-state index in [0.29, 0.717) is 32.2 Å². The Morgan fingerprint density at radius 1 is 1.38 bits per heavy atom. The van der Waals surface area contributed by atoms with E-state index < -0.39 is 11.4 Å². The fraction of sp³-hybridized carbons (Fsp3) is 0.625. The van der Waals surface area contributed by atoms with Crippen molar-refractivity contribution in [2.45, 2.75) is 25.7 Å². The lowest BCUT2D eigenvalue weighted by atomic mass is 9.80. The molecule has 0 saturated carbocycles. The maximum atomic E-state index is 12.6. The number of allylic oxidation sites excluding steroid dienone is 2. The highest BCUT2D eigenvalue weighted by Crippen LogP contribution is 2.32. The Bertz CT molecular complexity index is 393. The molecule has 5 heteroatoms. The van der Waals surface area contributed by atoms with Gasteiger partial charge in [0.1, 0.15) is 5.41 Å². The molecule has 5 nitrogen and oxygen atoms in total. The monoisotopic (exact) mass is 295 g/mol. The zero-order chi connectivity index (χ0) is 15.9. The van der Waals surface area contributed by atoms with Crippen LogP contribution in [0.2, 0.25) is 0 Å². The number of rotatable bonds is 8. The van der Waals surface area contributed by atoms with E-state index in [1.54, 1.807) is 17.1 Å². The smallest absolute Gasteiger partial charge is 0.313 e. The maximum Gasteiger partial charge on any atom is 0.313 e. The van der Waals surface area contributed by atoms with E-state index >= 15 is 0 Å². The van der Waals surface area contributed by atoms with Gasteiger partial charge in [-0.3, -0.25) is 9.59 Å². The lowest BCUT2D eigenvalue weighted by Crippen LogP contribution is -2.53. The quantitative estimate of drug-likeness (QED) is 0.696. The van der Waals surface area contributed by atoms with E-state index in [1.807, 2.05) is 0 Å². The molecule has 1 unspecified atom stereocenters. The van der Waals surface area contributed by atoms with Crippen molar-refractivity contribution in [3.8, 4) is 0 Å². The summed E-state index contributed by atoms with van der Waals surface area (Å²) in [7, 11) is 1.49. The maximum absolute atomic E-state index is 12.6. The van der Waals surface area contributed by atoms with E-state index in [0.717, 1.165) is 0 Å². The molecule has 0 aromatic carbocycles. The van der Waals surface area contributed by atoms with Gasteiger partial charge in [0, 0.05) is 26.1 Å². The molecule has 0 aromatic rings. The summed E-state index contributed by atoms with van der Waals surface area (Å²) in [6.45, 7) is 8.29. The lowest BCUT2D eigenvalue weighted by molar-refractivity contribution is -0.160. The van der Waals surface area contributed by atoms with Crippen molar-refractivity contribution in [1.29, 1.82) is 0 Å². The van der Waals surface area contributed by atoms with Crippen molar-refractivity contribution in [2.24, 2.45) is 11.3 Å². The first-order chi connectivity index (χ1) is 10.0. The van der Waals surface area contributed by atoms with Crippen LogP contribution in [0, 0.1) is 11.3 Å². The van der Waals surface area contributed by atoms with Gasteiger partial charge in [-0.25, -0.2) is 0 Å². The number of carboxylic acid groups (broad SMARTS) is 1. The summed E-state index contributed by atoms with van der Waals surface area (Å²) < 4.78 is 5.08. The third kappa shape index (κ3) is 4.17. The molecular weight excluding hydrogens is 270 g/mol. The Labute approximate surface area is 126 Å². The number of methoxy groups -OCH3 is 1. The van der Waals surface area contributed by atoms with Gasteiger partial charge in [-0.1, -0.05) is 12.2 Å². The highest BCUT2D eigenvalue weighted by molar-refractivity contribution is 5.81. The zero-order valence-corrected chi connectivity index (χ0v) is 12.7. The number of carbonyl (C=O) groups excluding carboxylic acids is 1. The number of carbonyl (C=O) groups is 2. The van der Waals surface area contributed by atoms with Crippen molar-refractivity contribution in [1.82, 2.24) is 4.90 Å². The number of hydrogen-bond acceptors (Lipinski definition) is 3. The number of nitrogens with zero attached hydrogens (tertiary/aromatic N) is 1. The highest BCUT2D eigenvalue weighted by atomic mass is 16.5. The fourth-order valence-corrected chi connectivity index (χ4v) is 2.91. The number of carboxylic acids is 1. The van der Waals surface area contributed by atoms with Gasteiger partial charge >= 0.3 is 5.97 Å². The van der Waals surface area contributed by atoms with Crippen LogP contribution in [-0.2, 0) is 14.3 Å². The Morgan fingerprint density at radius 2 is 2.00 bits per heavy atom. The molecule has 1 heterocycles. The van der Waals surface area contributed by atoms with E-state index in [9.17, 15) is 14.7 Å². The largest absolute Gasteiger partial charge is 0.481 e. The summed E-state index contributed by atoms with van der Waals surface area (Å²) in [6.07, 6.45) is 5.80. The highest BCUT2D eigenvalue weighted by Gasteiger charge is 2.44. The number of likely N-dealkylation sites (tertiary alicyclic amines) is 1. The SMILES string of the molecule is C=CCC(CC=C)C(=O)N1CCCC(COC)(C(=O)O)C1. The summed E-state index contributed by atoms with van der Waals surface area (Å²) >= 11 is 0. The molecule has 1 aliphatic heterocycles. The molecule has 0 spiro atoms.